The van der Waals surface area contributed by atoms with E-state index in [4.69, 9.17) is 11.6 Å². The highest BCUT2D eigenvalue weighted by Gasteiger charge is 2.25. The molecule has 0 radical (unpaired) electrons. The number of hydrogen-bond donors (Lipinski definition) is 0. The summed E-state index contributed by atoms with van der Waals surface area (Å²) in [6.45, 7) is 3.76. The van der Waals surface area contributed by atoms with Crippen molar-refractivity contribution < 1.29 is 4.79 Å². The Balaban J connectivity index is 1.38. The third-order valence-corrected chi connectivity index (χ3v) is 4.50. The summed E-state index contributed by atoms with van der Waals surface area (Å²) in [5.74, 6) is 0.486. The lowest BCUT2D eigenvalue weighted by atomic mass is 10.2. The van der Waals surface area contributed by atoms with E-state index in [1.165, 1.54) is 10.1 Å². The Hall–Kier alpha value is -2.51. The molecule has 1 aromatic carbocycles. The molecule has 0 N–H and O–H groups in total. The van der Waals surface area contributed by atoms with Crippen molar-refractivity contribution in [2.75, 3.05) is 26.2 Å². The molecule has 128 valence electrons. The van der Waals surface area contributed by atoms with Crippen molar-refractivity contribution in [3.8, 4) is 0 Å². The maximum atomic E-state index is 12.6. The first kappa shape index (κ1) is 16.0. The molecule has 0 bridgehead atoms. The van der Waals surface area contributed by atoms with Crippen LogP contribution in [0.5, 0.6) is 0 Å². The Labute approximate surface area is 149 Å². The van der Waals surface area contributed by atoms with Crippen molar-refractivity contribution in [3.05, 3.63) is 59.1 Å². The zero-order valence-corrected chi connectivity index (χ0v) is 14.3. The van der Waals surface area contributed by atoms with Gasteiger partial charge in [0.2, 0.25) is 5.82 Å². The fraction of sp³-hybridized carbons (Fsp3) is 0.294. The molecule has 0 aliphatic carbocycles. The summed E-state index contributed by atoms with van der Waals surface area (Å²) in [4.78, 5) is 25.0. The van der Waals surface area contributed by atoms with Gasteiger partial charge in [0, 0.05) is 50.1 Å². The molecular formula is C17H17ClN6O. The molecule has 25 heavy (non-hydrogen) atoms. The normalized spacial score (nSPS) is 15.6. The number of fused-ring (bicyclic) bond motifs is 1. The van der Waals surface area contributed by atoms with Gasteiger partial charge in [0.25, 0.3) is 11.7 Å². The molecule has 0 spiro atoms. The molecule has 0 saturated carbocycles. The van der Waals surface area contributed by atoms with E-state index in [0.29, 0.717) is 18.9 Å². The molecule has 0 unspecified atom stereocenters. The zero-order valence-electron chi connectivity index (χ0n) is 13.5. The first-order valence-electron chi connectivity index (χ1n) is 8.12. The Morgan fingerprint density at radius 1 is 1.16 bits per heavy atom. The minimum atomic E-state index is -0.145. The Morgan fingerprint density at radius 3 is 2.76 bits per heavy atom. The standard InChI is InChI=1S/C17H17ClN6O/c18-14-4-1-3-13(11-14)12-22-7-9-23(10-8-22)16(25)15-20-17-19-5-2-6-24(17)21-15/h1-6,11H,7-10,12H2. The van der Waals surface area contributed by atoms with Crippen LogP contribution in [0, 0.1) is 0 Å². The van der Waals surface area contributed by atoms with E-state index >= 15 is 0 Å². The summed E-state index contributed by atoms with van der Waals surface area (Å²) in [6, 6.07) is 9.63. The number of piperazine rings is 1. The molecular weight excluding hydrogens is 340 g/mol. The summed E-state index contributed by atoms with van der Waals surface area (Å²) in [6.07, 6.45) is 3.36. The van der Waals surface area contributed by atoms with Gasteiger partial charge in [-0.25, -0.2) is 9.50 Å². The number of halogens is 1. The summed E-state index contributed by atoms with van der Waals surface area (Å²) < 4.78 is 1.52. The maximum Gasteiger partial charge on any atom is 0.293 e. The van der Waals surface area contributed by atoms with E-state index in [9.17, 15) is 4.79 Å². The quantitative estimate of drug-likeness (QED) is 0.715. The third kappa shape index (κ3) is 3.47. The molecule has 4 rings (SSSR count). The number of carbonyl (C=O) groups is 1. The molecule has 8 heteroatoms. The lowest BCUT2D eigenvalue weighted by molar-refractivity contribution is 0.0617. The van der Waals surface area contributed by atoms with Gasteiger partial charge < -0.3 is 4.90 Å². The highest BCUT2D eigenvalue weighted by Crippen LogP contribution is 2.14. The van der Waals surface area contributed by atoms with Gasteiger partial charge in [0.1, 0.15) is 0 Å². The zero-order chi connectivity index (χ0) is 17.2. The second-order valence-corrected chi connectivity index (χ2v) is 6.43. The lowest BCUT2D eigenvalue weighted by Crippen LogP contribution is -2.48. The third-order valence-electron chi connectivity index (χ3n) is 4.26. The van der Waals surface area contributed by atoms with E-state index in [1.54, 1.807) is 23.4 Å². The van der Waals surface area contributed by atoms with Gasteiger partial charge in [-0.05, 0) is 23.8 Å². The Morgan fingerprint density at radius 2 is 2.00 bits per heavy atom. The van der Waals surface area contributed by atoms with Gasteiger partial charge in [-0.15, -0.1) is 5.10 Å². The van der Waals surface area contributed by atoms with E-state index < -0.39 is 0 Å². The first-order chi connectivity index (χ1) is 12.2. The summed E-state index contributed by atoms with van der Waals surface area (Å²) in [5, 5.41) is 4.96. The number of benzene rings is 1. The smallest absolute Gasteiger partial charge is 0.293 e. The minimum absolute atomic E-state index is 0.145. The summed E-state index contributed by atoms with van der Waals surface area (Å²) in [7, 11) is 0. The molecule has 1 aliphatic rings. The van der Waals surface area contributed by atoms with Crippen molar-refractivity contribution in [2.24, 2.45) is 0 Å². The second kappa shape index (κ2) is 6.78. The van der Waals surface area contributed by atoms with Crippen LogP contribution < -0.4 is 0 Å². The van der Waals surface area contributed by atoms with Crippen LogP contribution >= 0.6 is 11.6 Å². The minimum Gasteiger partial charge on any atom is -0.333 e. The van der Waals surface area contributed by atoms with Crippen molar-refractivity contribution in [1.29, 1.82) is 0 Å². The number of carbonyl (C=O) groups excluding carboxylic acids is 1. The molecule has 7 nitrogen and oxygen atoms in total. The summed E-state index contributed by atoms with van der Waals surface area (Å²) in [5.41, 5.74) is 1.18. The highest BCUT2D eigenvalue weighted by atomic mass is 35.5. The number of hydrogen-bond acceptors (Lipinski definition) is 5. The van der Waals surface area contributed by atoms with Crippen molar-refractivity contribution in [2.45, 2.75) is 6.54 Å². The van der Waals surface area contributed by atoms with Crippen molar-refractivity contribution >= 4 is 23.3 Å². The lowest BCUT2D eigenvalue weighted by Gasteiger charge is -2.34. The number of aromatic nitrogens is 4. The average Bonchev–Trinajstić information content (AvgIpc) is 3.06. The largest absolute Gasteiger partial charge is 0.333 e. The van der Waals surface area contributed by atoms with Crippen molar-refractivity contribution in [3.63, 3.8) is 0 Å². The van der Waals surface area contributed by atoms with E-state index in [0.717, 1.165) is 24.7 Å². The van der Waals surface area contributed by atoms with Crippen LogP contribution in [0.15, 0.2) is 42.7 Å². The molecule has 2 aromatic heterocycles. The number of amides is 1. The fourth-order valence-electron chi connectivity index (χ4n) is 2.97. The topological polar surface area (TPSA) is 66.6 Å². The van der Waals surface area contributed by atoms with Crippen LogP contribution in [-0.2, 0) is 6.54 Å². The SMILES string of the molecule is O=C(c1nc2ncccn2n1)N1CCN(Cc2cccc(Cl)c2)CC1. The molecule has 1 fully saturated rings. The van der Waals surface area contributed by atoms with Gasteiger partial charge in [0.15, 0.2) is 0 Å². The van der Waals surface area contributed by atoms with Crippen LogP contribution in [0.25, 0.3) is 5.78 Å². The molecule has 3 heterocycles. The van der Waals surface area contributed by atoms with Crippen LogP contribution in [-0.4, -0.2) is 61.5 Å². The van der Waals surface area contributed by atoms with E-state index in [-0.39, 0.29) is 11.7 Å². The number of nitrogens with zero attached hydrogens (tertiary/aromatic N) is 6. The maximum absolute atomic E-state index is 12.6. The summed E-state index contributed by atoms with van der Waals surface area (Å²) >= 11 is 6.04. The van der Waals surface area contributed by atoms with Crippen LogP contribution in [0.3, 0.4) is 0 Å². The molecule has 3 aromatic rings. The first-order valence-corrected chi connectivity index (χ1v) is 8.50. The van der Waals surface area contributed by atoms with Gasteiger partial charge in [0.05, 0.1) is 0 Å². The Kier molecular flexibility index (Phi) is 4.33. The molecule has 1 amide bonds. The average molecular weight is 357 g/mol. The monoisotopic (exact) mass is 356 g/mol. The van der Waals surface area contributed by atoms with Crippen LogP contribution in [0.2, 0.25) is 5.02 Å². The highest BCUT2D eigenvalue weighted by molar-refractivity contribution is 6.30. The predicted octanol–water partition coefficient (Wildman–Crippen LogP) is 1.74. The molecule has 1 saturated heterocycles. The predicted molar refractivity (Wildman–Crippen MR) is 93.4 cm³/mol. The van der Waals surface area contributed by atoms with Gasteiger partial charge in [-0.2, -0.15) is 4.98 Å². The number of rotatable bonds is 3. The molecule has 1 aliphatic heterocycles. The van der Waals surface area contributed by atoms with Gasteiger partial charge >= 0.3 is 0 Å². The second-order valence-electron chi connectivity index (χ2n) is 6.00. The van der Waals surface area contributed by atoms with Crippen LogP contribution in [0.1, 0.15) is 16.2 Å². The van der Waals surface area contributed by atoms with Crippen LogP contribution in [0.4, 0.5) is 0 Å². The van der Waals surface area contributed by atoms with Gasteiger partial charge in [-0.1, -0.05) is 23.7 Å². The van der Waals surface area contributed by atoms with E-state index in [2.05, 4.69) is 26.0 Å². The molecule has 0 atom stereocenters. The van der Waals surface area contributed by atoms with Crippen molar-refractivity contribution in [1.82, 2.24) is 29.4 Å². The fourth-order valence-corrected chi connectivity index (χ4v) is 3.18. The van der Waals surface area contributed by atoms with Gasteiger partial charge in [-0.3, -0.25) is 9.69 Å². The Bertz CT molecular complexity index is 870. The van der Waals surface area contributed by atoms with E-state index in [1.807, 2.05) is 18.2 Å².